The number of ether oxygens (including phenoxy) is 1. The predicted octanol–water partition coefficient (Wildman–Crippen LogP) is 3.90. The van der Waals surface area contributed by atoms with E-state index in [2.05, 4.69) is 10.3 Å². The number of rotatable bonds is 5. The number of benzene rings is 2. The second kappa shape index (κ2) is 7.36. The van der Waals surface area contributed by atoms with Crippen LogP contribution in [-0.2, 0) is 9.59 Å². The lowest BCUT2D eigenvalue weighted by Crippen LogP contribution is -2.28. The lowest BCUT2D eigenvalue weighted by atomic mass is 10.1. The van der Waals surface area contributed by atoms with Gasteiger partial charge in [0.05, 0.1) is 16.1 Å². The summed E-state index contributed by atoms with van der Waals surface area (Å²) in [5, 5.41) is 3.39. The molecule has 1 aliphatic heterocycles. The number of hydrogen-bond donors (Lipinski definition) is 1. The Hall–Kier alpha value is -2.93. The third-order valence-corrected chi connectivity index (χ3v) is 5.47. The largest absolute Gasteiger partial charge is 0.457 e. The van der Waals surface area contributed by atoms with Gasteiger partial charge in [-0.05, 0) is 31.2 Å². The van der Waals surface area contributed by atoms with Crippen molar-refractivity contribution in [1.82, 2.24) is 9.88 Å². The molecule has 0 spiro atoms. The first-order valence-corrected chi connectivity index (χ1v) is 9.66. The lowest BCUT2D eigenvalue weighted by Gasteiger charge is -2.12. The third kappa shape index (κ3) is 3.78. The summed E-state index contributed by atoms with van der Waals surface area (Å²) >= 11 is 1.39. The van der Waals surface area contributed by atoms with Gasteiger partial charge in [0.15, 0.2) is 5.13 Å². The van der Waals surface area contributed by atoms with E-state index in [4.69, 9.17) is 4.74 Å². The van der Waals surface area contributed by atoms with Crippen LogP contribution < -0.4 is 10.1 Å². The monoisotopic (exact) mass is 381 g/mol. The first kappa shape index (κ1) is 17.5. The Morgan fingerprint density at radius 2 is 2.07 bits per heavy atom. The molecule has 4 rings (SSSR count). The van der Waals surface area contributed by atoms with Gasteiger partial charge in [-0.25, -0.2) is 4.98 Å². The van der Waals surface area contributed by atoms with Gasteiger partial charge < -0.3 is 15.0 Å². The van der Waals surface area contributed by atoms with Gasteiger partial charge in [-0.1, -0.05) is 29.5 Å². The molecule has 2 amide bonds. The van der Waals surface area contributed by atoms with Gasteiger partial charge in [-0.2, -0.15) is 0 Å². The van der Waals surface area contributed by atoms with E-state index in [1.165, 1.54) is 11.3 Å². The molecule has 1 N–H and O–H groups in total. The minimum absolute atomic E-state index is 0.0321. The van der Waals surface area contributed by atoms with Gasteiger partial charge in [-0.3, -0.25) is 9.59 Å². The Morgan fingerprint density at radius 3 is 2.81 bits per heavy atom. The molecule has 1 atom stereocenters. The van der Waals surface area contributed by atoms with E-state index in [9.17, 15) is 9.59 Å². The highest BCUT2D eigenvalue weighted by Gasteiger charge is 2.33. The zero-order valence-electron chi connectivity index (χ0n) is 14.8. The molecule has 6 nitrogen and oxygen atoms in total. The van der Waals surface area contributed by atoms with E-state index >= 15 is 0 Å². The average molecular weight is 381 g/mol. The summed E-state index contributed by atoms with van der Waals surface area (Å²) < 4.78 is 6.77. The summed E-state index contributed by atoms with van der Waals surface area (Å²) in [6, 6.07) is 15.2. The number of anilines is 1. The maximum atomic E-state index is 12.5. The normalized spacial score (nSPS) is 16.7. The quantitative estimate of drug-likeness (QED) is 0.728. The van der Waals surface area contributed by atoms with Crippen LogP contribution in [-0.4, -0.2) is 34.8 Å². The van der Waals surface area contributed by atoms with Crippen LogP contribution in [0.15, 0.2) is 48.5 Å². The predicted molar refractivity (Wildman–Crippen MR) is 105 cm³/mol. The molecule has 3 aromatic rings. The molecule has 0 bridgehead atoms. The molecule has 1 saturated heterocycles. The van der Waals surface area contributed by atoms with Crippen LogP contribution in [0.5, 0.6) is 11.5 Å². The number of nitrogens with zero attached hydrogens (tertiary/aromatic N) is 2. The Balaban J connectivity index is 1.47. The molecule has 27 heavy (non-hydrogen) atoms. The number of thiazole rings is 1. The lowest BCUT2D eigenvalue weighted by molar-refractivity contribution is -0.128. The summed E-state index contributed by atoms with van der Waals surface area (Å²) in [5.74, 6) is 1.04. The number of fused-ring (bicyclic) bond motifs is 1. The molecule has 2 heterocycles. The number of carbonyl (C=O) groups is 2. The fourth-order valence-corrected chi connectivity index (χ4v) is 4.00. The van der Waals surface area contributed by atoms with Gasteiger partial charge in [0.1, 0.15) is 11.5 Å². The Morgan fingerprint density at radius 1 is 1.26 bits per heavy atom. The first-order chi connectivity index (χ1) is 13.1. The van der Waals surface area contributed by atoms with Crippen molar-refractivity contribution in [2.75, 3.05) is 18.4 Å². The highest BCUT2D eigenvalue weighted by molar-refractivity contribution is 7.22. The van der Waals surface area contributed by atoms with Crippen LogP contribution in [0.4, 0.5) is 5.13 Å². The van der Waals surface area contributed by atoms with Crippen molar-refractivity contribution in [3.63, 3.8) is 0 Å². The summed E-state index contributed by atoms with van der Waals surface area (Å²) in [6.07, 6.45) is 0.264. The number of hydrogen-bond acceptors (Lipinski definition) is 5. The van der Waals surface area contributed by atoms with Gasteiger partial charge >= 0.3 is 0 Å². The van der Waals surface area contributed by atoms with E-state index in [1.54, 1.807) is 4.90 Å². The van der Waals surface area contributed by atoms with E-state index in [1.807, 2.05) is 55.5 Å². The number of amides is 2. The van der Waals surface area contributed by atoms with E-state index in [0.29, 0.717) is 18.2 Å². The van der Waals surface area contributed by atoms with Crippen LogP contribution in [0.2, 0.25) is 0 Å². The SMILES string of the molecule is CCN1CC(C(=O)Nc2nc3ccc(Oc4ccccc4)cc3s2)CC1=O. The minimum Gasteiger partial charge on any atom is -0.457 e. The van der Waals surface area contributed by atoms with Gasteiger partial charge in [-0.15, -0.1) is 0 Å². The van der Waals surface area contributed by atoms with E-state index in [0.717, 1.165) is 21.7 Å². The molecule has 1 aromatic heterocycles. The second-order valence-electron chi connectivity index (χ2n) is 6.39. The summed E-state index contributed by atoms with van der Waals surface area (Å²) in [5.41, 5.74) is 0.799. The Kier molecular flexibility index (Phi) is 4.77. The standard InChI is InChI=1S/C20H19N3O3S/c1-2-23-12-13(10-18(23)24)19(25)22-20-21-16-9-8-15(11-17(16)27-20)26-14-6-4-3-5-7-14/h3-9,11,13H,2,10,12H2,1H3,(H,21,22,25). The Labute approximate surface area is 160 Å². The van der Waals surface area contributed by atoms with Gasteiger partial charge in [0.25, 0.3) is 0 Å². The van der Waals surface area contributed by atoms with Crippen molar-refractivity contribution in [2.45, 2.75) is 13.3 Å². The van der Waals surface area contributed by atoms with E-state index < -0.39 is 0 Å². The Bertz CT molecular complexity index is 987. The highest BCUT2D eigenvalue weighted by atomic mass is 32.1. The average Bonchev–Trinajstić information content (AvgIpc) is 3.24. The van der Waals surface area contributed by atoms with Crippen LogP contribution in [0.25, 0.3) is 10.2 Å². The number of likely N-dealkylation sites (tertiary alicyclic amines) is 1. The zero-order chi connectivity index (χ0) is 18.8. The van der Waals surface area contributed by atoms with Crippen molar-refractivity contribution in [1.29, 1.82) is 0 Å². The topological polar surface area (TPSA) is 71.5 Å². The fraction of sp³-hybridized carbons (Fsp3) is 0.250. The molecule has 0 aliphatic carbocycles. The molecule has 0 saturated carbocycles. The summed E-state index contributed by atoms with van der Waals surface area (Å²) in [6.45, 7) is 3.02. The van der Waals surface area contributed by atoms with Crippen molar-refractivity contribution in [3.8, 4) is 11.5 Å². The second-order valence-corrected chi connectivity index (χ2v) is 7.42. The zero-order valence-corrected chi connectivity index (χ0v) is 15.7. The maximum absolute atomic E-state index is 12.5. The van der Waals surface area contributed by atoms with Gasteiger partial charge in [0.2, 0.25) is 11.8 Å². The molecule has 1 aliphatic rings. The maximum Gasteiger partial charge on any atom is 0.231 e. The highest BCUT2D eigenvalue weighted by Crippen LogP contribution is 2.31. The van der Waals surface area contributed by atoms with Crippen LogP contribution in [0.1, 0.15) is 13.3 Å². The van der Waals surface area contributed by atoms with Crippen LogP contribution in [0, 0.1) is 5.92 Å². The molecule has 138 valence electrons. The number of aromatic nitrogens is 1. The molecular weight excluding hydrogens is 362 g/mol. The molecule has 2 aromatic carbocycles. The van der Waals surface area contributed by atoms with Gasteiger partial charge in [0, 0.05) is 25.6 Å². The molecule has 7 heteroatoms. The number of carbonyl (C=O) groups excluding carboxylic acids is 2. The summed E-state index contributed by atoms with van der Waals surface area (Å²) in [7, 11) is 0. The van der Waals surface area contributed by atoms with Crippen molar-refractivity contribution in [3.05, 3.63) is 48.5 Å². The van der Waals surface area contributed by atoms with Crippen LogP contribution in [0.3, 0.4) is 0 Å². The van der Waals surface area contributed by atoms with Crippen molar-refractivity contribution in [2.24, 2.45) is 5.92 Å². The fourth-order valence-electron chi connectivity index (χ4n) is 3.11. The molecular formula is C20H19N3O3S. The molecule has 1 fully saturated rings. The minimum atomic E-state index is -0.318. The molecule has 1 unspecified atom stereocenters. The number of para-hydroxylation sites is 1. The summed E-state index contributed by atoms with van der Waals surface area (Å²) in [4.78, 5) is 30.4. The van der Waals surface area contributed by atoms with Crippen molar-refractivity contribution < 1.29 is 14.3 Å². The van der Waals surface area contributed by atoms with E-state index in [-0.39, 0.29) is 24.2 Å². The molecule has 0 radical (unpaired) electrons. The smallest absolute Gasteiger partial charge is 0.231 e. The number of nitrogens with one attached hydrogen (secondary N) is 1. The van der Waals surface area contributed by atoms with Crippen LogP contribution >= 0.6 is 11.3 Å². The first-order valence-electron chi connectivity index (χ1n) is 8.84. The van der Waals surface area contributed by atoms with Crippen molar-refractivity contribution >= 4 is 38.5 Å². The third-order valence-electron chi connectivity index (χ3n) is 4.54.